The highest BCUT2D eigenvalue weighted by Gasteiger charge is 2.29. The van der Waals surface area contributed by atoms with Gasteiger partial charge in [-0.2, -0.15) is 0 Å². The van der Waals surface area contributed by atoms with E-state index in [1.807, 2.05) is 0 Å². The molecule has 0 amide bonds. The van der Waals surface area contributed by atoms with E-state index in [1.165, 1.54) is 11.1 Å². The summed E-state index contributed by atoms with van der Waals surface area (Å²) < 4.78 is 6.00. The number of benzene rings is 2. The van der Waals surface area contributed by atoms with Crippen LogP contribution in [0.2, 0.25) is 0 Å². The fourth-order valence-electron chi connectivity index (χ4n) is 2.89. The van der Waals surface area contributed by atoms with Crippen molar-refractivity contribution in [2.24, 2.45) is 0 Å². The van der Waals surface area contributed by atoms with Crippen LogP contribution in [0, 0.1) is 0 Å². The summed E-state index contributed by atoms with van der Waals surface area (Å²) >= 11 is 0. The van der Waals surface area contributed by atoms with Crippen LogP contribution in [0.25, 0.3) is 0 Å². The summed E-state index contributed by atoms with van der Waals surface area (Å²) in [5, 5.41) is 0. The second kappa shape index (κ2) is 6.21. The summed E-state index contributed by atoms with van der Waals surface area (Å²) in [5.41, 5.74) is 2.64. The minimum absolute atomic E-state index is 0.175. The third kappa shape index (κ3) is 2.92. The van der Waals surface area contributed by atoms with Gasteiger partial charge in [0.15, 0.2) is 0 Å². The van der Waals surface area contributed by atoms with Gasteiger partial charge in [0.1, 0.15) is 0 Å². The Morgan fingerprint density at radius 3 is 2.35 bits per heavy atom. The van der Waals surface area contributed by atoms with Gasteiger partial charge in [-0.1, -0.05) is 60.7 Å². The van der Waals surface area contributed by atoms with Crippen molar-refractivity contribution >= 4 is 0 Å². The van der Waals surface area contributed by atoms with Gasteiger partial charge in [-0.05, 0) is 18.1 Å². The largest absolute Gasteiger partial charge is 0.371 e. The first-order chi connectivity index (χ1) is 9.84. The van der Waals surface area contributed by atoms with E-state index >= 15 is 0 Å². The van der Waals surface area contributed by atoms with E-state index in [0.717, 1.165) is 19.7 Å². The highest BCUT2D eigenvalue weighted by atomic mass is 16.5. The lowest BCUT2D eigenvalue weighted by molar-refractivity contribution is -0.0702. The molecule has 2 aromatic rings. The normalized spacial score (nSPS) is 23.6. The molecule has 2 aromatic carbocycles. The summed E-state index contributed by atoms with van der Waals surface area (Å²) in [6, 6.07) is 21.6. The smallest absolute Gasteiger partial charge is 0.0978 e. The molecule has 1 heterocycles. The van der Waals surface area contributed by atoms with Crippen LogP contribution >= 0.6 is 0 Å². The predicted octanol–water partition coefficient (Wildman–Crippen LogP) is 3.65. The lowest BCUT2D eigenvalue weighted by Crippen LogP contribution is -2.44. The fourth-order valence-corrected chi connectivity index (χ4v) is 2.89. The van der Waals surface area contributed by atoms with Crippen molar-refractivity contribution < 1.29 is 4.74 Å². The summed E-state index contributed by atoms with van der Waals surface area (Å²) in [7, 11) is 0. The molecule has 20 heavy (non-hydrogen) atoms. The molecular weight excluding hydrogens is 246 g/mol. The number of ether oxygens (including phenoxy) is 1. The van der Waals surface area contributed by atoms with Gasteiger partial charge in [-0.15, -0.1) is 0 Å². The van der Waals surface area contributed by atoms with Crippen molar-refractivity contribution in [1.82, 2.24) is 4.90 Å². The number of rotatable bonds is 3. The van der Waals surface area contributed by atoms with Gasteiger partial charge >= 0.3 is 0 Å². The molecule has 0 radical (unpaired) electrons. The molecule has 2 atom stereocenters. The van der Waals surface area contributed by atoms with Gasteiger partial charge in [-0.25, -0.2) is 0 Å². The molecule has 0 saturated carbocycles. The molecule has 2 heteroatoms. The van der Waals surface area contributed by atoms with Gasteiger partial charge in [0.25, 0.3) is 0 Å². The number of nitrogens with zero attached hydrogens (tertiary/aromatic N) is 1. The lowest BCUT2D eigenvalue weighted by Gasteiger charge is -2.39. The van der Waals surface area contributed by atoms with Crippen LogP contribution in [-0.4, -0.2) is 24.1 Å². The summed E-state index contributed by atoms with van der Waals surface area (Å²) in [5.74, 6) is 0. The lowest BCUT2D eigenvalue weighted by atomic mass is 10.00. The third-order valence-corrected chi connectivity index (χ3v) is 4.05. The van der Waals surface area contributed by atoms with Crippen molar-refractivity contribution in [2.75, 3.05) is 13.2 Å². The molecule has 1 fully saturated rings. The predicted molar refractivity (Wildman–Crippen MR) is 81.4 cm³/mol. The maximum absolute atomic E-state index is 6.00. The zero-order valence-electron chi connectivity index (χ0n) is 11.9. The second-order valence-corrected chi connectivity index (χ2v) is 5.40. The number of hydrogen-bond acceptors (Lipinski definition) is 2. The van der Waals surface area contributed by atoms with E-state index in [1.54, 1.807) is 0 Å². The molecule has 0 bridgehead atoms. The molecule has 2 unspecified atom stereocenters. The molecule has 2 nitrogen and oxygen atoms in total. The molecular formula is C18H21NO. The molecule has 0 spiro atoms. The first-order valence-corrected chi connectivity index (χ1v) is 7.29. The van der Waals surface area contributed by atoms with E-state index in [9.17, 15) is 0 Å². The van der Waals surface area contributed by atoms with E-state index in [-0.39, 0.29) is 6.10 Å². The zero-order valence-corrected chi connectivity index (χ0v) is 11.9. The van der Waals surface area contributed by atoms with Crippen molar-refractivity contribution in [3.8, 4) is 0 Å². The van der Waals surface area contributed by atoms with E-state index < -0.39 is 0 Å². The van der Waals surface area contributed by atoms with E-state index in [4.69, 9.17) is 4.74 Å². The average molecular weight is 267 g/mol. The standard InChI is InChI=1S/C18H21NO/c1-15-18(17-10-6-3-7-11-17)20-13-12-19(15)14-16-8-4-2-5-9-16/h2-11,15,18H,12-14H2,1H3. The highest BCUT2D eigenvalue weighted by molar-refractivity contribution is 5.20. The molecule has 1 aliphatic rings. The van der Waals surface area contributed by atoms with Gasteiger partial charge < -0.3 is 4.74 Å². The van der Waals surface area contributed by atoms with Crippen LogP contribution in [0.3, 0.4) is 0 Å². The van der Waals surface area contributed by atoms with Crippen LogP contribution in [0.4, 0.5) is 0 Å². The molecule has 1 aliphatic heterocycles. The van der Waals surface area contributed by atoms with Crippen molar-refractivity contribution in [3.05, 3.63) is 71.8 Å². The summed E-state index contributed by atoms with van der Waals surface area (Å²) in [4.78, 5) is 2.51. The molecule has 1 saturated heterocycles. The summed E-state index contributed by atoms with van der Waals surface area (Å²) in [6.45, 7) is 5.06. The van der Waals surface area contributed by atoms with Crippen LogP contribution in [0.15, 0.2) is 60.7 Å². The SMILES string of the molecule is CC1C(c2ccccc2)OCCN1Cc1ccccc1. The molecule has 104 valence electrons. The second-order valence-electron chi connectivity index (χ2n) is 5.40. The highest BCUT2D eigenvalue weighted by Crippen LogP contribution is 2.29. The molecule has 0 aliphatic carbocycles. The fraction of sp³-hybridized carbons (Fsp3) is 0.333. The first kappa shape index (κ1) is 13.3. The Hall–Kier alpha value is -1.64. The number of morpholine rings is 1. The Balaban J connectivity index is 1.74. The molecule has 3 rings (SSSR count). The van der Waals surface area contributed by atoms with Crippen LogP contribution in [-0.2, 0) is 11.3 Å². The maximum atomic E-state index is 6.00. The Bertz CT molecular complexity index is 526. The minimum atomic E-state index is 0.175. The van der Waals surface area contributed by atoms with Crippen LogP contribution in [0.5, 0.6) is 0 Å². The number of hydrogen-bond donors (Lipinski definition) is 0. The molecule has 0 aromatic heterocycles. The third-order valence-electron chi connectivity index (χ3n) is 4.05. The zero-order chi connectivity index (χ0) is 13.8. The van der Waals surface area contributed by atoms with Crippen LogP contribution < -0.4 is 0 Å². The Morgan fingerprint density at radius 2 is 1.65 bits per heavy atom. The van der Waals surface area contributed by atoms with E-state index in [0.29, 0.717) is 6.04 Å². The topological polar surface area (TPSA) is 12.5 Å². The van der Waals surface area contributed by atoms with E-state index in [2.05, 4.69) is 72.5 Å². The van der Waals surface area contributed by atoms with Gasteiger partial charge in [0.2, 0.25) is 0 Å². The van der Waals surface area contributed by atoms with Gasteiger partial charge in [0, 0.05) is 19.1 Å². The van der Waals surface area contributed by atoms with Gasteiger partial charge in [-0.3, -0.25) is 4.90 Å². The van der Waals surface area contributed by atoms with Crippen molar-refractivity contribution in [1.29, 1.82) is 0 Å². The quantitative estimate of drug-likeness (QED) is 0.841. The minimum Gasteiger partial charge on any atom is -0.371 e. The summed E-state index contributed by atoms with van der Waals surface area (Å²) in [6.07, 6.45) is 0.175. The monoisotopic (exact) mass is 267 g/mol. The first-order valence-electron chi connectivity index (χ1n) is 7.29. The maximum Gasteiger partial charge on any atom is 0.0978 e. The molecule has 0 N–H and O–H groups in total. The Labute approximate surface area is 121 Å². The van der Waals surface area contributed by atoms with Crippen molar-refractivity contribution in [2.45, 2.75) is 25.6 Å². The Morgan fingerprint density at radius 1 is 1.00 bits per heavy atom. The van der Waals surface area contributed by atoms with Crippen LogP contribution in [0.1, 0.15) is 24.2 Å². The van der Waals surface area contributed by atoms with Crippen molar-refractivity contribution in [3.63, 3.8) is 0 Å². The Kier molecular flexibility index (Phi) is 4.14. The average Bonchev–Trinajstić information content (AvgIpc) is 2.51. The van der Waals surface area contributed by atoms with Gasteiger partial charge in [0.05, 0.1) is 12.7 Å².